The van der Waals surface area contributed by atoms with E-state index in [9.17, 15) is 23.2 Å². The molecule has 0 radical (unpaired) electrons. The number of alkyl halides is 2. The zero-order valence-corrected chi connectivity index (χ0v) is 19.6. The van der Waals surface area contributed by atoms with Gasteiger partial charge in [0.05, 0.1) is 12.1 Å². The van der Waals surface area contributed by atoms with Crippen LogP contribution in [-0.2, 0) is 14.4 Å². The van der Waals surface area contributed by atoms with E-state index in [1.54, 1.807) is 0 Å². The lowest BCUT2D eigenvalue weighted by molar-refractivity contribution is -0.132. The van der Waals surface area contributed by atoms with Crippen LogP contribution in [0.2, 0.25) is 0 Å². The molecule has 0 spiro atoms. The molecule has 182 valence electrons. The predicted molar refractivity (Wildman–Crippen MR) is 120 cm³/mol. The minimum absolute atomic E-state index is 0.242. The molecular formula is C22H36F2N4O3S. The van der Waals surface area contributed by atoms with Crippen LogP contribution in [0.4, 0.5) is 8.78 Å². The molecule has 32 heavy (non-hydrogen) atoms. The topological polar surface area (TPSA) is 105 Å². The van der Waals surface area contributed by atoms with Gasteiger partial charge in [-0.1, -0.05) is 12.8 Å². The molecule has 1 heterocycles. The molecule has 1 aliphatic heterocycles. The van der Waals surface area contributed by atoms with E-state index in [-0.39, 0.29) is 30.7 Å². The molecule has 0 aromatic rings. The van der Waals surface area contributed by atoms with E-state index in [4.69, 9.17) is 5.73 Å². The summed E-state index contributed by atoms with van der Waals surface area (Å²) in [5, 5.41) is 3.25. The Morgan fingerprint density at radius 1 is 1.28 bits per heavy atom. The van der Waals surface area contributed by atoms with Crippen molar-refractivity contribution in [3.05, 3.63) is 0 Å². The minimum Gasteiger partial charge on any atom is -0.340 e. The molecule has 4 atom stereocenters. The van der Waals surface area contributed by atoms with Gasteiger partial charge in [-0.05, 0) is 76.4 Å². The number of aldehydes is 1. The molecule has 10 heteroatoms. The van der Waals surface area contributed by atoms with E-state index >= 15 is 0 Å². The zero-order chi connectivity index (χ0) is 23.4. The monoisotopic (exact) mass is 474 g/mol. The third kappa shape index (κ3) is 6.87. The average molecular weight is 475 g/mol. The van der Waals surface area contributed by atoms with Gasteiger partial charge >= 0.3 is 0 Å². The summed E-state index contributed by atoms with van der Waals surface area (Å²) in [5.41, 5.74) is 4.29. The molecule has 0 aromatic carbocycles. The van der Waals surface area contributed by atoms with Crippen LogP contribution in [0.5, 0.6) is 0 Å². The van der Waals surface area contributed by atoms with Gasteiger partial charge in [0.25, 0.3) is 5.91 Å². The first-order valence-corrected chi connectivity index (χ1v) is 12.6. The fraction of sp³-hybridized carbons (Fsp3) is 0.864. The first-order valence-electron chi connectivity index (χ1n) is 11.7. The van der Waals surface area contributed by atoms with Crippen molar-refractivity contribution < 1.29 is 23.2 Å². The van der Waals surface area contributed by atoms with Crippen molar-refractivity contribution in [2.24, 2.45) is 11.7 Å². The normalized spacial score (nSPS) is 28.9. The van der Waals surface area contributed by atoms with Gasteiger partial charge in [-0.25, -0.2) is 8.78 Å². The number of halogens is 2. The Balaban J connectivity index is 1.53. The number of nitrogens with two attached hydrogens (primary N) is 1. The first kappa shape index (κ1) is 25.4. The van der Waals surface area contributed by atoms with E-state index in [1.165, 1.54) is 11.9 Å². The smallest absolute Gasteiger partial charge is 0.255 e. The fourth-order valence-corrected chi connectivity index (χ4v) is 5.32. The van der Waals surface area contributed by atoms with E-state index in [2.05, 4.69) is 10.0 Å². The SMILES string of the molecule is CN1CCCC1C(=O)N[C@]1(C(=O)NSC2CC2)CC1CC(F)(F)CCCCC[C@H](N)C=O. The third-order valence-corrected chi connectivity index (χ3v) is 7.93. The average Bonchev–Trinajstić information content (AvgIpc) is 3.64. The summed E-state index contributed by atoms with van der Waals surface area (Å²) in [5.74, 6) is -4.07. The molecule has 2 unspecified atom stereocenters. The predicted octanol–water partition coefficient (Wildman–Crippen LogP) is 2.38. The number of nitrogens with one attached hydrogen (secondary N) is 2. The maximum absolute atomic E-state index is 14.7. The Labute approximate surface area is 193 Å². The van der Waals surface area contributed by atoms with Crippen LogP contribution in [0.15, 0.2) is 0 Å². The second kappa shape index (κ2) is 10.8. The van der Waals surface area contributed by atoms with Crippen LogP contribution in [0, 0.1) is 5.92 Å². The molecule has 7 nitrogen and oxygen atoms in total. The maximum Gasteiger partial charge on any atom is 0.255 e. The molecule has 2 amide bonds. The number of likely N-dealkylation sites (N-methyl/N-ethyl adjacent to an activating group) is 1. The molecule has 3 fully saturated rings. The van der Waals surface area contributed by atoms with Crippen molar-refractivity contribution in [2.45, 2.75) is 99.4 Å². The van der Waals surface area contributed by atoms with Crippen molar-refractivity contribution in [2.75, 3.05) is 13.6 Å². The molecule has 2 aliphatic carbocycles. The Hall–Kier alpha value is -1.26. The number of carbonyl (C=O) groups excluding carboxylic acids is 3. The lowest BCUT2D eigenvalue weighted by atomic mass is 10.00. The molecule has 1 saturated heterocycles. The van der Waals surface area contributed by atoms with Crippen molar-refractivity contribution in [1.29, 1.82) is 0 Å². The summed E-state index contributed by atoms with van der Waals surface area (Å²) in [7, 11) is 1.87. The summed E-state index contributed by atoms with van der Waals surface area (Å²) in [4.78, 5) is 38.2. The molecule has 0 aromatic heterocycles. The highest BCUT2D eigenvalue weighted by molar-refractivity contribution is 7.98. The highest BCUT2D eigenvalue weighted by Crippen LogP contribution is 2.51. The van der Waals surface area contributed by atoms with Crippen molar-refractivity contribution in [1.82, 2.24) is 14.9 Å². The van der Waals surface area contributed by atoms with Crippen LogP contribution < -0.4 is 15.8 Å². The second-order valence-electron chi connectivity index (χ2n) is 9.71. The van der Waals surface area contributed by atoms with Crippen LogP contribution in [0.1, 0.15) is 70.6 Å². The lowest BCUT2D eigenvalue weighted by Crippen LogP contribution is -2.54. The number of likely N-dealkylation sites (tertiary alicyclic amines) is 1. The highest BCUT2D eigenvalue weighted by Gasteiger charge is 2.63. The summed E-state index contributed by atoms with van der Waals surface area (Å²) in [6, 6.07) is -0.840. The van der Waals surface area contributed by atoms with Gasteiger partial charge in [-0.15, -0.1) is 0 Å². The van der Waals surface area contributed by atoms with Gasteiger partial charge in [0.15, 0.2) is 0 Å². The Morgan fingerprint density at radius 2 is 2.03 bits per heavy atom. The van der Waals surface area contributed by atoms with Crippen LogP contribution in [0.3, 0.4) is 0 Å². The fourth-order valence-electron chi connectivity index (χ4n) is 4.49. The number of amides is 2. The number of rotatable bonds is 14. The maximum atomic E-state index is 14.7. The van der Waals surface area contributed by atoms with Gasteiger partial charge in [-0.2, -0.15) is 0 Å². The first-order chi connectivity index (χ1) is 15.2. The summed E-state index contributed by atoms with van der Waals surface area (Å²) in [6.07, 6.45) is 5.98. The summed E-state index contributed by atoms with van der Waals surface area (Å²) < 4.78 is 32.1. The molecular weight excluding hydrogens is 438 g/mol. The number of unbranched alkanes of at least 4 members (excludes halogenated alkanes) is 2. The molecule has 3 rings (SSSR count). The van der Waals surface area contributed by atoms with Gasteiger partial charge < -0.3 is 15.8 Å². The van der Waals surface area contributed by atoms with Gasteiger partial charge in [0.2, 0.25) is 11.8 Å². The number of nitrogens with zero attached hydrogens (tertiary/aromatic N) is 1. The molecule has 3 aliphatic rings. The van der Waals surface area contributed by atoms with Gasteiger partial charge in [-0.3, -0.25) is 19.2 Å². The van der Waals surface area contributed by atoms with Crippen LogP contribution in [0.25, 0.3) is 0 Å². The van der Waals surface area contributed by atoms with Crippen molar-refractivity contribution >= 4 is 30.0 Å². The Kier molecular flexibility index (Phi) is 8.54. The highest BCUT2D eigenvalue weighted by atomic mass is 32.2. The van der Waals surface area contributed by atoms with E-state index < -0.39 is 29.8 Å². The molecule has 2 saturated carbocycles. The van der Waals surface area contributed by atoms with Crippen molar-refractivity contribution in [3.63, 3.8) is 0 Å². The molecule has 4 N–H and O–H groups in total. The Morgan fingerprint density at radius 3 is 2.66 bits per heavy atom. The molecule has 0 bridgehead atoms. The van der Waals surface area contributed by atoms with E-state index in [0.717, 1.165) is 25.8 Å². The lowest BCUT2D eigenvalue weighted by Gasteiger charge is -2.25. The van der Waals surface area contributed by atoms with Crippen LogP contribution >= 0.6 is 11.9 Å². The van der Waals surface area contributed by atoms with E-state index in [1.807, 2.05) is 11.9 Å². The third-order valence-electron chi connectivity index (χ3n) is 6.82. The number of carbonyl (C=O) groups is 3. The quantitative estimate of drug-likeness (QED) is 0.203. The summed E-state index contributed by atoms with van der Waals surface area (Å²) in [6.45, 7) is 0.814. The number of hydrogen-bond donors (Lipinski definition) is 3. The minimum atomic E-state index is -2.90. The Bertz CT molecular complexity index is 694. The van der Waals surface area contributed by atoms with Crippen LogP contribution in [-0.4, -0.2) is 65.4 Å². The van der Waals surface area contributed by atoms with E-state index in [0.29, 0.717) is 43.6 Å². The largest absolute Gasteiger partial charge is 0.340 e. The standard InChI is InChI=1S/C22H36F2N4O3S/c1-28-11-5-7-18(28)19(30)26-22(20(31)27-32-17-8-9-17)13-15(22)12-21(23,24)10-4-2-3-6-16(25)14-29/h14-18H,2-13,25H2,1H3,(H,26,30)(H,27,31)/t15?,16-,18?,22+/m0/s1. The van der Waals surface area contributed by atoms with Gasteiger partial charge in [0, 0.05) is 18.1 Å². The number of hydrogen-bond acceptors (Lipinski definition) is 6. The zero-order valence-electron chi connectivity index (χ0n) is 18.8. The second-order valence-corrected chi connectivity index (χ2v) is 10.8. The van der Waals surface area contributed by atoms with Gasteiger partial charge in [0.1, 0.15) is 11.8 Å². The summed E-state index contributed by atoms with van der Waals surface area (Å²) >= 11 is 1.34. The van der Waals surface area contributed by atoms with Crippen molar-refractivity contribution in [3.8, 4) is 0 Å².